The van der Waals surface area contributed by atoms with Crippen molar-refractivity contribution in [1.82, 2.24) is 5.16 Å². The van der Waals surface area contributed by atoms with Gasteiger partial charge in [0.2, 0.25) is 11.8 Å². The minimum atomic E-state index is -3.25. The molecule has 1 fully saturated rings. The molecule has 2 N–H and O–H groups in total. The number of anilines is 2. The molecule has 25 heavy (non-hydrogen) atoms. The predicted molar refractivity (Wildman–Crippen MR) is 94.2 cm³/mol. The molecular weight excluding hydrogens is 342 g/mol. The van der Waals surface area contributed by atoms with Crippen molar-refractivity contribution in [2.75, 3.05) is 17.2 Å². The lowest BCUT2D eigenvalue weighted by molar-refractivity contribution is -0.114. The Balaban J connectivity index is 1.56. The summed E-state index contributed by atoms with van der Waals surface area (Å²) >= 11 is 0. The maximum absolute atomic E-state index is 12.5. The molecule has 3 rings (SSSR count). The summed E-state index contributed by atoms with van der Waals surface area (Å²) in [4.78, 5) is 12.2. The van der Waals surface area contributed by atoms with Gasteiger partial charge in [0, 0.05) is 11.8 Å². The molecule has 0 spiro atoms. The maximum Gasteiger partial charge on any atom is 0.246 e. The van der Waals surface area contributed by atoms with Crippen molar-refractivity contribution in [1.29, 1.82) is 0 Å². The molecule has 1 aromatic carbocycles. The number of carbonyl (C=O) groups is 1. The normalized spacial score (nSPS) is 15.2. The Bertz CT molecular complexity index is 837. The fourth-order valence-corrected chi connectivity index (χ4v) is 4.79. The summed E-state index contributed by atoms with van der Waals surface area (Å²) < 4.78 is 29.9. The summed E-state index contributed by atoms with van der Waals surface area (Å²) in [5.74, 6) is 0.0149. The molecule has 1 aromatic heterocycles. The Kier molecular flexibility index (Phi) is 5.08. The second kappa shape index (κ2) is 7.26. The molecule has 0 unspecified atom stereocenters. The van der Waals surface area contributed by atoms with E-state index in [4.69, 9.17) is 4.52 Å². The number of nitrogens with zero attached hydrogens (tertiary/aromatic N) is 1. The van der Waals surface area contributed by atoms with E-state index in [0.717, 1.165) is 25.7 Å². The number of rotatable bonds is 6. The highest BCUT2D eigenvalue weighted by Gasteiger charge is 2.30. The van der Waals surface area contributed by atoms with Crippen LogP contribution in [0, 0.1) is 6.92 Å². The first kappa shape index (κ1) is 17.5. The van der Waals surface area contributed by atoms with E-state index in [2.05, 4.69) is 15.8 Å². The van der Waals surface area contributed by atoms with Gasteiger partial charge in [-0.15, -0.1) is 0 Å². The van der Waals surface area contributed by atoms with Gasteiger partial charge in [-0.1, -0.05) is 18.0 Å². The van der Waals surface area contributed by atoms with Crippen LogP contribution in [-0.2, 0) is 14.6 Å². The highest BCUT2D eigenvalue weighted by atomic mass is 32.2. The number of sulfone groups is 1. The van der Waals surface area contributed by atoms with Gasteiger partial charge in [-0.3, -0.25) is 10.1 Å². The van der Waals surface area contributed by atoms with Crippen LogP contribution in [0.25, 0.3) is 0 Å². The van der Waals surface area contributed by atoms with Gasteiger partial charge in [0.25, 0.3) is 0 Å². The van der Waals surface area contributed by atoms with E-state index in [1.54, 1.807) is 37.3 Å². The smallest absolute Gasteiger partial charge is 0.246 e. The molecule has 1 saturated carbocycles. The fourth-order valence-electron chi connectivity index (χ4n) is 2.94. The average Bonchev–Trinajstić information content (AvgIpc) is 3.26. The summed E-state index contributed by atoms with van der Waals surface area (Å²) in [6.07, 6.45) is 3.43. The maximum atomic E-state index is 12.5. The second-order valence-electron chi connectivity index (χ2n) is 6.21. The summed E-state index contributed by atoms with van der Waals surface area (Å²) in [5, 5.41) is 8.95. The number of aryl methyl sites for hydroxylation is 1. The Labute approximate surface area is 146 Å². The van der Waals surface area contributed by atoms with Crippen molar-refractivity contribution in [2.24, 2.45) is 0 Å². The number of benzene rings is 1. The third-order valence-corrected chi connectivity index (χ3v) is 6.55. The molecular formula is C17H21N3O4S. The highest BCUT2D eigenvalue weighted by molar-refractivity contribution is 7.92. The third-order valence-electron chi connectivity index (χ3n) is 4.27. The summed E-state index contributed by atoms with van der Waals surface area (Å²) in [7, 11) is -3.25. The SMILES string of the molecule is Cc1cc(NC(=O)CNc2ccc(S(=O)(=O)C3CCCC3)cc2)on1. The van der Waals surface area contributed by atoms with Crippen molar-refractivity contribution in [3.63, 3.8) is 0 Å². The van der Waals surface area contributed by atoms with Crippen LogP contribution in [-0.4, -0.2) is 31.3 Å². The first-order valence-corrected chi connectivity index (χ1v) is 9.81. The average molecular weight is 363 g/mol. The molecule has 1 aliphatic rings. The van der Waals surface area contributed by atoms with E-state index in [1.165, 1.54) is 0 Å². The monoisotopic (exact) mass is 363 g/mol. The summed E-state index contributed by atoms with van der Waals surface area (Å²) in [5.41, 5.74) is 1.36. The zero-order valence-corrected chi connectivity index (χ0v) is 14.8. The lowest BCUT2D eigenvalue weighted by Gasteiger charge is -2.12. The van der Waals surface area contributed by atoms with Crippen molar-refractivity contribution in [2.45, 2.75) is 42.8 Å². The van der Waals surface area contributed by atoms with Gasteiger partial charge < -0.3 is 9.84 Å². The molecule has 0 saturated heterocycles. The van der Waals surface area contributed by atoms with Crippen LogP contribution in [0.15, 0.2) is 39.8 Å². The molecule has 1 aliphatic carbocycles. The standard InChI is InChI=1S/C17H21N3O4S/c1-12-10-17(24-20-12)19-16(21)11-18-13-6-8-15(9-7-13)25(22,23)14-4-2-3-5-14/h6-10,14,18H,2-5,11H2,1H3,(H,19,21). The Morgan fingerprint density at radius 2 is 1.92 bits per heavy atom. The zero-order chi connectivity index (χ0) is 17.9. The van der Waals surface area contributed by atoms with Crippen molar-refractivity contribution in [3.05, 3.63) is 36.0 Å². The molecule has 0 atom stereocenters. The molecule has 1 amide bonds. The van der Waals surface area contributed by atoms with Crippen LogP contribution < -0.4 is 10.6 Å². The molecule has 2 aromatic rings. The van der Waals surface area contributed by atoms with E-state index >= 15 is 0 Å². The number of carbonyl (C=O) groups excluding carboxylic acids is 1. The zero-order valence-electron chi connectivity index (χ0n) is 14.0. The number of hydrogen-bond donors (Lipinski definition) is 2. The lowest BCUT2D eigenvalue weighted by atomic mass is 10.3. The number of aromatic nitrogens is 1. The van der Waals surface area contributed by atoms with Gasteiger partial charge in [-0.25, -0.2) is 8.42 Å². The quantitative estimate of drug-likeness (QED) is 0.818. The van der Waals surface area contributed by atoms with Gasteiger partial charge in [0.1, 0.15) is 0 Å². The Morgan fingerprint density at radius 3 is 2.52 bits per heavy atom. The predicted octanol–water partition coefficient (Wildman–Crippen LogP) is 2.75. The Morgan fingerprint density at radius 1 is 1.24 bits per heavy atom. The molecule has 134 valence electrons. The van der Waals surface area contributed by atoms with Crippen LogP contribution in [0.2, 0.25) is 0 Å². The van der Waals surface area contributed by atoms with Gasteiger partial charge in [-0.05, 0) is 44.0 Å². The number of hydrogen-bond acceptors (Lipinski definition) is 6. The van der Waals surface area contributed by atoms with Crippen LogP contribution in [0.5, 0.6) is 0 Å². The Hall–Kier alpha value is -2.35. The van der Waals surface area contributed by atoms with Crippen LogP contribution in [0.3, 0.4) is 0 Å². The number of amides is 1. The van der Waals surface area contributed by atoms with E-state index in [9.17, 15) is 13.2 Å². The minimum Gasteiger partial charge on any atom is -0.376 e. The molecule has 0 aliphatic heterocycles. The van der Waals surface area contributed by atoms with Gasteiger partial charge in [0.15, 0.2) is 9.84 Å². The first-order valence-electron chi connectivity index (χ1n) is 8.26. The van der Waals surface area contributed by atoms with E-state index < -0.39 is 9.84 Å². The number of nitrogens with one attached hydrogen (secondary N) is 2. The van der Waals surface area contributed by atoms with E-state index in [-0.39, 0.29) is 17.7 Å². The van der Waals surface area contributed by atoms with E-state index in [1.807, 2.05) is 0 Å². The van der Waals surface area contributed by atoms with Gasteiger partial charge in [0.05, 0.1) is 22.4 Å². The van der Waals surface area contributed by atoms with Gasteiger partial charge >= 0.3 is 0 Å². The topological polar surface area (TPSA) is 101 Å². The lowest BCUT2D eigenvalue weighted by Crippen LogP contribution is -2.21. The molecule has 7 nitrogen and oxygen atoms in total. The largest absolute Gasteiger partial charge is 0.376 e. The van der Waals surface area contributed by atoms with Crippen molar-refractivity contribution < 1.29 is 17.7 Å². The summed E-state index contributed by atoms with van der Waals surface area (Å²) in [6, 6.07) is 8.16. The minimum absolute atomic E-state index is 0.0362. The molecule has 0 bridgehead atoms. The van der Waals surface area contributed by atoms with Crippen LogP contribution >= 0.6 is 0 Å². The first-order chi connectivity index (χ1) is 11.9. The fraction of sp³-hybridized carbons (Fsp3) is 0.412. The second-order valence-corrected chi connectivity index (χ2v) is 8.44. The van der Waals surface area contributed by atoms with Crippen molar-refractivity contribution in [3.8, 4) is 0 Å². The van der Waals surface area contributed by atoms with Crippen molar-refractivity contribution >= 4 is 27.3 Å². The van der Waals surface area contributed by atoms with Gasteiger partial charge in [-0.2, -0.15) is 0 Å². The molecule has 0 radical (unpaired) electrons. The third kappa shape index (κ3) is 4.19. The van der Waals surface area contributed by atoms with E-state index in [0.29, 0.717) is 22.2 Å². The summed E-state index contributed by atoms with van der Waals surface area (Å²) in [6.45, 7) is 1.80. The molecule has 1 heterocycles. The highest BCUT2D eigenvalue weighted by Crippen LogP contribution is 2.30. The molecule has 8 heteroatoms. The van der Waals surface area contributed by atoms with Crippen LogP contribution in [0.4, 0.5) is 11.6 Å². The van der Waals surface area contributed by atoms with Crippen LogP contribution in [0.1, 0.15) is 31.4 Å².